The van der Waals surface area contributed by atoms with Crippen molar-refractivity contribution in [1.29, 1.82) is 0 Å². The summed E-state index contributed by atoms with van der Waals surface area (Å²) in [4.78, 5) is 15.0. The second kappa shape index (κ2) is 9.38. The maximum atomic E-state index is 12.8. The Labute approximate surface area is 217 Å². The van der Waals surface area contributed by atoms with Crippen molar-refractivity contribution in [3.63, 3.8) is 0 Å². The van der Waals surface area contributed by atoms with Gasteiger partial charge in [0.15, 0.2) is 17.3 Å². The van der Waals surface area contributed by atoms with Crippen LogP contribution in [0.15, 0.2) is 54.6 Å². The lowest BCUT2D eigenvalue weighted by molar-refractivity contribution is 0.102. The van der Waals surface area contributed by atoms with Gasteiger partial charge in [-0.05, 0) is 65.9 Å². The highest BCUT2D eigenvalue weighted by Gasteiger charge is 2.37. The van der Waals surface area contributed by atoms with Crippen LogP contribution < -0.4 is 19.5 Å². The number of carbonyl (C=O) groups excluding carboxylic acids is 1. The number of benzene rings is 3. The molecule has 1 N–H and O–H groups in total. The van der Waals surface area contributed by atoms with Crippen LogP contribution in [0.25, 0.3) is 5.69 Å². The fourth-order valence-electron chi connectivity index (χ4n) is 4.87. The fraction of sp³-hybridized carbons (Fsp3) is 0.231. The van der Waals surface area contributed by atoms with Gasteiger partial charge in [0, 0.05) is 17.8 Å². The zero-order chi connectivity index (χ0) is 25.5. The van der Waals surface area contributed by atoms with Crippen LogP contribution in [-0.2, 0) is 6.42 Å². The number of tetrazole rings is 1. The van der Waals surface area contributed by atoms with E-state index in [1.165, 1.54) is 0 Å². The number of nitrogens with one attached hydrogen (secondary N) is 1. The lowest BCUT2D eigenvalue weighted by Crippen LogP contribution is -2.35. The average Bonchev–Trinajstić information content (AvgIpc) is 3.57. The van der Waals surface area contributed by atoms with Crippen LogP contribution in [0.4, 0.5) is 5.69 Å². The normalized spacial score (nSPS) is 16.4. The number of carbonyl (C=O) groups is 1. The number of ether oxygens (including phenoxy) is 3. The molecule has 0 bridgehead atoms. The van der Waals surface area contributed by atoms with E-state index in [9.17, 15) is 4.79 Å². The Bertz CT molecular complexity index is 1510. The van der Waals surface area contributed by atoms with Gasteiger partial charge in [-0.15, -0.1) is 5.10 Å². The molecule has 0 aliphatic carbocycles. The van der Waals surface area contributed by atoms with E-state index in [0.29, 0.717) is 45.0 Å². The van der Waals surface area contributed by atoms with E-state index < -0.39 is 0 Å². The SMILES string of the molecule is COc1c2c(cc3c1[C@@H](c1nnnn1-c1cccc(NC(=O)c4ccccc4Cl)c1)N(C)CC3)OCO2. The average molecular weight is 519 g/mol. The number of likely N-dealkylation sites (N-methyl/N-ethyl adjacent to an activating group) is 1. The van der Waals surface area contributed by atoms with E-state index in [0.717, 1.165) is 24.1 Å². The summed E-state index contributed by atoms with van der Waals surface area (Å²) in [5.74, 6) is 2.19. The van der Waals surface area contributed by atoms with Gasteiger partial charge in [-0.1, -0.05) is 29.8 Å². The number of hydrogen-bond donors (Lipinski definition) is 1. The Hall–Kier alpha value is -4.15. The second-order valence-corrected chi connectivity index (χ2v) is 9.19. The first kappa shape index (κ1) is 23.3. The minimum absolute atomic E-state index is 0.152. The first-order chi connectivity index (χ1) is 18.0. The molecule has 3 heterocycles. The topological polar surface area (TPSA) is 104 Å². The van der Waals surface area contributed by atoms with Crippen LogP contribution in [0.1, 0.15) is 33.4 Å². The van der Waals surface area contributed by atoms with E-state index in [1.807, 2.05) is 31.3 Å². The van der Waals surface area contributed by atoms with Gasteiger partial charge in [0.2, 0.25) is 12.5 Å². The molecule has 2 aliphatic rings. The third kappa shape index (κ3) is 4.04. The molecule has 0 radical (unpaired) electrons. The summed E-state index contributed by atoms with van der Waals surface area (Å²) in [6.07, 6.45) is 0.820. The number of fused-ring (bicyclic) bond motifs is 2. The summed E-state index contributed by atoms with van der Waals surface area (Å²) >= 11 is 6.20. The van der Waals surface area contributed by atoms with Gasteiger partial charge in [-0.25, -0.2) is 0 Å². The number of methoxy groups -OCH3 is 1. The molecular weight excluding hydrogens is 496 g/mol. The molecule has 4 aromatic rings. The van der Waals surface area contributed by atoms with Gasteiger partial charge in [-0.3, -0.25) is 9.69 Å². The first-order valence-electron chi connectivity index (χ1n) is 11.7. The van der Waals surface area contributed by atoms with E-state index >= 15 is 0 Å². The lowest BCUT2D eigenvalue weighted by atomic mass is 9.90. The van der Waals surface area contributed by atoms with Gasteiger partial charge < -0.3 is 19.5 Å². The van der Waals surface area contributed by atoms with Crippen molar-refractivity contribution in [3.05, 3.63) is 82.1 Å². The van der Waals surface area contributed by atoms with Gasteiger partial charge in [0.1, 0.15) is 6.04 Å². The van der Waals surface area contributed by atoms with Gasteiger partial charge >= 0.3 is 0 Å². The van der Waals surface area contributed by atoms with Crippen molar-refractivity contribution in [2.24, 2.45) is 0 Å². The Kier molecular flexibility index (Phi) is 5.90. The molecule has 2 aliphatic heterocycles. The smallest absolute Gasteiger partial charge is 0.257 e. The summed E-state index contributed by atoms with van der Waals surface area (Å²) in [7, 11) is 3.65. The Morgan fingerprint density at radius 1 is 1.16 bits per heavy atom. The van der Waals surface area contributed by atoms with Crippen molar-refractivity contribution in [2.75, 3.05) is 32.8 Å². The molecule has 0 saturated heterocycles. The van der Waals surface area contributed by atoms with Crippen LogP contribution in [0.5, 0.6) is 17.2 Å². The van der Waals surface area contributed by atoms with Gasteiger partial charge in [0.05, 0.1) is 23.4 Å². The fourth-order valence-corrected chi connectivity index (χ4v) is 5.09. The highest BCUT2D eigenvalue weighted by molar-refractivity contribution is 6.34. The zero-order valence-electron chi connectivity index (χ0n) is 20.1. The number of amides is 1. The molecule has 0 fully saturated rings. The van der Waals surface area contributed by atoms with E-state index in [-0.39, 0.29) is 18.7 Å². The molecule has 0 unspecified atom stereocenters. The predicted octanol–water partition coefficient (Wildman–Crippen LogP) is 3.88. The van der Waals surface area contributed by atoms with Crippen molar-refractivity contribution in [1.82, 2.24) is 25.1 Å². The molecule has 188 valence electrons. The van der Waals surface area contributed by atoms with E-state index in [2.05, 4.69) is 25.7 Å². The van der Waals surface area contributed by atoms with Crippen molar-refractivity contribution in [2.45, 2.75) is 12.5 Å². The predicted molar refractivity (Wildman–Crippen MR) is 136 cm³/mol. The van der Waals surface area contributed by atoms with Gasteiger partial charge in [-0.2, -0.15) is 4.68 Å². The molecule has 10 nitrogen and oxygen atoms in total. The Morgan fingerprint density at radius 3 is 2.86 bits per heavy atom. The van der Waals surface area contributed by atoms with Crippen molar-refractivity contribution in [3.8, 4) is 22.9 Å². The molecule has 11 heteroatoms. The number of hydrogen-bond acceptors (Lipinski definition) is 8. The third-order valence-electron chi connectivity index (χ3n) is 6.60. The summed E-state index contributed by atoms with van der Waals surface area (Å²) in [5, 5.41) is 16.0. The molecule has 1 aromatic heterocycles. The van der Waals surface area contributed by atoms with Crippen LogP contribution >= 0.6 is 11.6 Å². The Balaban J connectivity index is 1.38. The minimum Gasteiger partial charge on any atom is -0.492 e. The van der Waals surface area contributed by atoms with Crippen LogP contribution in [0.3, 0.4) is 0 Å². The number of aromatic nitrogens is 4. The molecule has 6 rings (SSSR count). The second-order valence-electron chi connectivity index (χ2n) is 8.78. The summed E-state index contributed by atoms with van der Waals surface area (Å²) in [6.45, 7) is 0.945. The highest BCUT2D eigenvalue weighted by atomic mass is 35.5. The monoisotopic (exact) mass is 518 g/mol. The summed E-state index contributed by atoms with van der Waals surface area (Å²) in [5.41, 5.74) is 3.71. The van der Waals surface area contributed by atoms with E-state index in [1.54, 1.807) is 42.1 Å². The number of rotatable bonds is 5. The largest absolute Gasteiger partial charge is 0.492 e. The molecule has 3 aromatic carbocycles. The van der Waals surface area contributed by atoms with Crippen LogP contribution in [0, 0.1) is 0 Å². The van der Waals surface area contributed by atoms with Crippen LogP contribution in [-0.4, -0.2) is 58.5 Å². The molecular formula is C26H23ClN6O4. The van der Waals surface area contributed by atoms with Crippen molar-refractivity contribution < 1.29 is 19.0 Å². The first-order valence-corrected chi connectivity index (χ1v) is 12.1. The number of halogens is 1. The third-order valence-corrected chi connectivity index (χ3v) is 6.93. The molecule has 37 heavy (non-hydrogen) atoms. The van der Waals surface area contributed by atoms with E-state index in [4.69, 9.17) is 25.8 Å². The molecule has 1 amide bonds. The number of nitrogens with zero attached hydrogens (tertiary/aromatic N) is 5. The molecule has 0 spiro atoms. The standard InChI is InChI=1S/C26H23ClN6O4/c1-32-11-10-15-12-20-23(37-14-36-20)24(35-2)21(15)22(32)25-29-30-31-33(25)17-7-5-6-16(13-17)28-26(34)18-8-3-4-9-19(18)27/h3-9,12-13,22H,10-11,14H2,1-2H3,(H,28,34)/t22-/m0/s1. The quantitative estimate of drug-likeness (QED) is 0.424. The highest BCUT2D eigenvalue weighted by Crippen LogP contribution is 2.50. The Morgan fingerprint density at radius 2 is 2.03 bits per heavy atom. The maximum Gasteiger partial charge on any atom is 0.257 e. The minimum atomic E-state index is -0.304. The molecule has 0 saturated carbocycles. The zero-order valence-corrected chi connectivity index (χ0v) is 20.9. The number of anilines is 1. The summed E-state index contributed by atoms with van der Waals surface area (Å²) < 4.78 is 18.9. The van der Waals surface area contributed by atoms with Crippen LogP contribution in [0.2, 0.25) is 5.02 Å². The summed E-state index contributed by atoms with van der Waals surface area (Å²) in [6, 6.07) is 15.9. The maximum absolute atomic E-state index is 12.8. The lowest BCUT2D eigenvalue weighted by Gasteiger charge is -2.34. The molecule has 1 atom stereocenters. The van der Waals surface area contributed by atoms with Crippen molar-refractivity contribution >= 4 is 23.2 Å². The van der Waals surface area contributed by atoms with Gasteiger partial charge in [0.25, 0.3) is 5.91 Å².